The quantitative estimate of drug-likeness (QED) is 0.0216. The number of aliphatic hydroxyl groups is 1. The monoisotopic (exact) mass is 1900 g/mol. The third-order valence-corrected chi connectivity index (χ3v) is 26.3. The van der Waals surface area contributed by atoms with Crippen molar-refractivity contribution in [2.75, 3.05) is 72.8 Å². The van der Waals surface area contributed by atoms with Crippen LogP contribution in [0.4, 0.5) is 0 Å². The first-order valence-corrected chi connectivity index (χ1v) is 48.4. The van der Waals surface area contributed by atoms with Gasteiger partial charge < -0.3 is 111 Å². The molecule has 2 aromatic heterocycles. The first-order valence-electron chi connectivity index (χ1n) is 48.0. The Morgan fingerprint density at radius 2 is 1.20 bits per heavy atom. The number of nitrogens with one attached hydrogen (secondary N) is 8. The zero-order valence-electron chi connectivity index (χ0n) is 78.3. The van der Waals surface area contributed by atoms with Gasteiger partial charge in [0.05, 0.1) is 81.6 Å². The minimum atomic E-state index is -1.49. The van der Waals surface area contributed by atoms with E-state index in [1.54, 1.807) is 42.3 Å². The van der Waals surface area contributed by atoms with Crippen LogP contribution in [0.1, 0.15) is 230 Å². The highest BCUT2D eigenvalue weighted by atomic mass is 35.5. The molecule has 0 bridgehead atoms. The normalized spacial score (nSPS) is 19.5. The fourth-order valence-electron chi connectivity index (χ4n) is 18.8. The van der Waals surface area contributed by atoms with E-state index in [4.69, 9.17) is 55.5 Å². The van der Waals surface area contributed by atoms with Gasteiger partial charge in [-0.1, -0.05) is 120 Å². The number of nitrogens with two attached hydrogens (primary N) is 6. The van der Waals surface area contributed by atoms with Crippen LogP contribution in [0, 0.1) is 35.5 Å². The number of methoxy groups -OCH3 is 1. The lowest BCUT2D eigenvalue weighted by Crippen LogP contribution is -2.58. The maximum absolute atomic E-state index is 15.2. The number of aromatic amines is 1. The Kier molecular flexibility index (Phi) is 46.0. The van der Waals surface area contributed by atoms with Gasteiger partial charge in [0.15, 0.2) is 29.3 Å². The maximum atomic E-state index is 15.2. The second-order valence-corrected chi connectivity index (χ2v) is 37.2. The molecular formula is C92H146ClN23O18. The van der Waals surface area contributed by atoms with Crippen LogP contribution in [-0.2, 0) is 102 Å². The number of imidazole rings is 1. The largest absolute Gasteiger partial charge is 0.480 e. The van der Waals surface area contributed by atoms with Crippen LogP contribution in [0.3, 0.4) is 0 Å². The Balaban J connectivity index is 0.946. The van der Waals surface area contributed by atoms with Crippen molar-refractivity contribution < 1.29 is 86.8 Å². The third kappa shape index (κ3) is 34.9. The number of aromatic nitrogens is 5. The predicted molar refractivity (Wildman–Crippen MR) is 498 cm³/mol. The summed E-state index contributed by atoms with van der Waals surface area (Å²) < 4.78 is 12.1. The number of ether oxygens (including phenoxy) is 2. The number of ketones is 3. The lowest BCUT2D eigenvalue weighted by Gasteiger charge is -2.34. The molecule has 1 aromatic carbocycles. The molecule has 5 aliphatic rings. The van der Waals surface area contributed by atoms with Crippen molar-refractivity contribution in [2.24, 2.45) is 79.9 Å². The molecular weight excluding hydrogens is 1750 g/mol. The molecule has 3 aliphatic heterocycles. The molecule has 15 atom stereocenters. The second-order valence-electron chi connectivity index (χ2n) is 36.8. The van der Waals surface area contributed by atoms with Crippen molar-refractivity contribution in [1.29, 1.82) is 0 Å². The number of unbranched alkanes of at least 4 members (excludes halogenated alkanes) is 3. The minimum Gasteiger partial charge on any atom is -0.480 e. The zero-order valence-corrected chi connectivity index (χ0v) is 79.0. The summed E-state index contributed by atoms with van der Waals surface area (Å²) in [7, 11) is 1.57. The summed E-state index contributed by atoms with van der Waals surface area (Å²) in [4.78, 5) is 224. The van der Waals surface area contributed by atoms with E-state index in [2.05, 4.69) is 67.5 Å². The van der Waals surface area contributed by atoms with Crippen LogP contribution < -0.4 is 71.6 Å². The van der Waals surface area contributed by atoms with Gasteiger partial charge in [0.2, 0.25) is 59.1 Å². The number of likely N-dealkylation sites (tertiary alicyclic amines) is 3. The van der Waals surface area contributed by atoms with E-state index in [0.717, 1.165) is 51.4 Å². The van der Waals surface area contributed by atoms with Gasteiger partial charge in [-0.3, -0.25) is 72.3 Å². The molecule has 2 saturated carbocycles. The number of amides is 10. The van der Waals surface area contributed by atoms with E-state index >= 15 is 24.0 Å². The lowest BCUT2D eigenvalue weighted by molar-refractivity contribution is -0.146. The van der Waals surface area contributed by atoms with Gasteiger partial charge in [0.25, 0.3) is 0 Å². The standard InChI is InChI=1S/C92H146ClN23O18/c1-5-6-24-67(89(130)115-37-18-28-75(115)86(127)110-72(90(131)132)44-58-29-31-63(93)32-30-58)106-87(128)76-45-59-21-10-11-26-73(59)116(76)80(121)52-103-81(122)60(22-12-14-33-94)46-77(118)70(50-64-51-100-55-104-64)108-83(124)62(54-117)48-78(119)69(43-57-19-8-7-9-20-57)107-82(123)61(23-13-15-34-101-91(96)97)47-79(120)74-27-17-36-114(74)88(129)68(25-16-35-102-92(98)99)105-85(126)71(42-56(2)3)109-84(125)66(95)49-65-53-113(112-111-65)38-39-134-41-40-133-4/h29-32,51,53,55-57,59-62,66-76,117H,5-28,33-50,52,54,94-95H2,1-4H3,(H,100,104)(H,103,122)(H,105,126)(H,106,128)(H,107,123)(H,108,124)(H,109,125)(H,110,127)(H,131,132)(H4,96,97,101)(H4,98,99,102)/t59?,60-,61-,62+,66+,67+,68+,69+,70+,71+,72+,73?,74-,75+,76+/m1/s1. The number of carbonyl (C=O) groups is 14. The molecule has 41 nitrogen and oxygen atoms in total. The van der Waals surface area contributed by atoms with Crippen LogP contribution in [0.25, 0.3) is 0 Å². The minimum absolute atomic E-state index is 0.00532. The number of hydrogen-bond donors (Lipinski definition) is 16. The number of carboxylic acid groups (broad SMARTS) is 1. The highest BCUT2D eigenvalue weighted by molar-refractivity contribution is 6.30. The average molecular weight is 1900 g/mol. The van der Waals surface area contributed by atoms with Gasteiger partial charge in [-0.05, 0) is 145 Å². The van der Waals surface area contributed by atoms with Gasteiger partial charge >= 0.3 is 5.97 Å². The molecule has 8 rings (SSSR count). The second kappa shape index (κ2) is 56.7. The zero-order chi connectivity index (χ0) is 97.3. The van der Waals surface area contributed by atoms with E-state index in [9.17, 15) is 53.4 Å². The van der Waals surface area contributed by atoms with Gasteiger partial charge in [0, 0.05) is 113 Å². The van der Waals surface area contributed by atoms with E-state index in [1.807, 2.05) is 20.8 Å². The van der Waals surface area contributed by atoms with Gasteiger partial charge in [-0.15, -0.1) is 5.10 Å². The molecule has 10 amide bonds. The number of nitrogens with zero attached hydrogens (tertiary/aromatic N) is 9. The SMILES string of the molecule is CCCC[C@H](NC(=O)[C@@H]1CC2CCCCC2N1C(=O)CNC(=O)[C@H](CCCCN)CC(=O)[C@H](Cc1cnc[nH]1)NC(=O)[C@H](CO)CC(=O)[C@H](CC1CCCCC1)NC(=O)[C@H](CCCCN=C(N)N)CC(=O)[C@H]1CCCN1C(=O)[C@H](CCCN=C(N)N)NC(=O)[C@H](CC(C)C)NC(=O)[C@@H](N)Cc1cn(CCOCCOC)nn1)C(=O)N1CCC[C@H]1C(=O)N[C@@H](Cc1ccc(Cl)cc1)C(=O)O. The summed E-state index contributed by atoms with van der Waals surface area (Å²) in [5, 5.41) is 49.8. The Bertz CT molecular complexity index is 4370. The summed E-state index contributed by atoms with van der Waals surface area (Å²) in [6.07, 6.45) is 15.0. The fourth-order valence-corrected chi connectivity index (χ4v) is 18.9. The van der Waals surface area contributed by atoms with Crippen molar-refractivity contribution in [3.8, 4) is 0 Å². The van der Waals surface area contributed by atoms with Crippen LogP contribution >= 0.6 is 11.6 Å². The average Bonchev–Trinajstić information content (AvgIpc) is 1.63. The number of aliphatic imine (C=N–C) groups is 2. The fraction of sp³-hybridized carbons (Fsp3) is 0.707. The van der Waals surface area contributed by atoms with E-state index in [0.29, 0.717) is 106 Å². The van der Waals surface area contributed by atoms with Crippen LogP contribution in [0.5, 0.6) is 0 Å². The number of hydrogen-bond acceptors (Lipinski definition) is 24. The van der Waals surface area contributed by atoms with Crippen molar-refractivity contribution in [2.45, 2.75) is 306 Å². The van der Waals surface area contributed by atoms with Gasteiger partial charge in [0.1, 0.15) is 36.3 Å². The number of carboxylic acids is 1. The number of benzene rings is 1. The number of rotatable bonds is 60. The number of aliphatic hydroxyl groups excluding tert-OH is 1. The molecule has 22 N–H and O–H groups in total. The number of H-pyrrole nitrogens is 1. The number of Topliss-reactive ketones (excluding diaryl/α,β-unsaturated/α-hetero) is 3. The van der Waals surface area contributed by atoms with E-state index in [1.165, 1.54) is 27.2 Å². The van der Waals surface area contributed by atoms with Crippen molar-refractivity contribution in [3.05, 3.63) is 65.0 Å². The molecule has 0 radical (unpaired) electrons. The molecule has 0 spiro atoms. The van der Waals surface area contributed by atoms with Crippen LogP contribution in [0.2, 0.25) is 5.02 Å². The molecule has 2 aliphatic carbocycles. The number of guanidine groups is 2. The summed E-state index contributed by atoms with van der Waals surface area (Å²) in [6.45, 7) is 6.53. The lowest BCUT2D eigenvalue weighted by atomic mass is 9.82. The summed E-state index contributed by atoms with van der Waals surface area (Å²) in [5.41, 5.74) is 36.5. The van der Waals surface area contributed by atoms with Crippen molar-refractivity contribution >= 4 is 106 Å². The molecule has 5 heterocycles. The molecule has 42 heteroatoms. The molecule has 2 unspecified atom stereocenters. The Hall–Kier alpha value is -10.6. The number of fused-ring (bicyclic) bond motifs is 1. The predicted octanol–water partition coefficient (Wildman–Crippen LogP) is 1.48. The number of carbonyl (C=O) groups excluding carboxylic acids is 13. The van der Waals surface area contributed by atoms with Crippen LogP contribution in [0.15, 0.2) is 53.0 Å². The molecule has 134 heavy (non-hydrogen) atoms. The van der Waals surface area contributed by atoms with Gasteiger partial charge in [-0.25, -0.2) is 14.5 Å². The number of halogens is 1. The first-order chi connectivity index (χ1) is 64.3. The number of aliphatic carboxylic acids is 1. The third-order valence-electron chi connectivity index (χ3n) is 26.0. The van der Waals surface area contributed by atoms with E-state index < -0.39 is 193 Å². The highest BCUT2D eigenvalue weighted by Crippen LogP contribution is 2.41. The van der Waals surface area contributed by atoms with Crippen molar-refractivity contribution in [1.82, 2.24) is 76.9 Å². The van der Waals surface area contributed by atoms with Gasteiger partial charge in [-0.2, -0.15) is 0 Å². The summed E-state index contributed by atoms with van der Waals surface area (Å²) in [5.74, 6) is -13.8. The Morgan fingerprint density at radius 3 is 1.86 bits per heavy atom. The first kappa shape index (κ1) is 109. The molecule has 3 saturated heterocycles. The highest BCUT2D eigenvalue weighted by Gasteiger charge is 2.50. The molecule has 744 valence electrons. The van der Waals surface area contributed by atoms with E-state index in [-0.39, 0.29) is 152 Å². The van der Waals surface area contributed by atoms with Crippen LogP contribution in [-0.4, -0.2) is 283 Å². The van der Waals surface area contributed by atoms with Crippen molar-refractivity contribution in [3.63, 3.8) is 0 Å². The Labute approximate surface area is 789 Å². The maximum Gasteiger partial charge on any atom is 0.326 e. The summed E-state index contributed by atoms with van der Waals surface area (Å²) in [6, 6.07) is -5.60. The Morgan fingerprint density at radius 1 is 0.604 bits per heavy atom. The topological polar surface area (TPSA) is 632 Å². The smallest absolute Gasteiger partial charge is 0.326 e. The molecule has 3 aromatic rings. The summed E-state index contributed by atoms with van der Waals surface area (Å²) >= 11 is 6.07. The molecule has 5 fully saturated rings.